The van der Waals surface area contributed by atoms with E-state index < -0.39 is 35.5 Å². The second-order valence-corrected chi connectivity index (χ2v) is 7.47. The van der Waals surface area contributed by atoms with Crippen LogP contribution in [0.3, 0.4) is 0 Å². The average Bonchev–Trinajstić information content (AvgIpc) is 3.07. The quantitative estimate of drug-likeness (QED) is 0.649. The van der Waals surface area contributed by atoms with Crippen LogP contribution >= 0.6 is 0 Å². The Morgan fingerprint density at radius 1 is 0.903 bits per heavy atom. The van der Waals surface area contributed by atoms with E-state index in [4.69, 9.17) is 5.73 Å². The van der Waals surface area contributed by atoms with E-state index in [1.807, 2.05) is 48.5 Å². The minimum absolute atomic E-state index is 0.138. The van der Waals surface area contributed by atoms with E-state index in [9.17, 15) is 22.8 Å². The van der Waals surface area contributed by atoms with Crippen molar-refractivity contribution in [1.29, 1.82) is 0 Å². The van der Waals surface area contributed by atoms with Crippen LogP contribution in [0.25, 0.3) is 11.1 Å². The zero-order valence-electron chi connectivity index (χ0n) is 16.3. The molecule has 0 radical (unpaired) electrons. The first-order valence-electron chi connectivity index (χ1n) is 9.70. The summed E-state index contributed by atoms with van der Waals surface area (Å²) in [5.41, 5.74) is 8.39. The number of primary amides is 1. The van der Waals surface area contributed by atoms with Crippen molar-refractivity contribution in [3.63, 3.8) is 0 Å². The number of fused-ring (bicyclic) bond motifs is 3. The highest BCUT2D eigenvalue weighted by molar-refractivity contribution is 5.98. The fourth-order valence-electron chi connectivity index (χ4n) is 4.03. The highest BCUT2D eigenvalue weighted by atomic mass is 19.4. The maximum atomic E-state index is 13.2. The Bertz CT molecular complexity index is 1110. The van der Waals surface area contributed by atoms with Gasteiger partial charge in [0.15, 0.2) is 0 Å². The van der Waals surface area contributed by atoms with Gasteiger partial charge in [-0.1, -0.05) is 66.7 Å². The van der Waals surface area contributed by atoms with Gasteiger partial charge in [0.25, 0.3) is 0 Å². The van der Waals surface area contributed by atoms with Gasteiger partial charge >= 0.3 is 6.18 Å². The van der Waals surface area contributed by atoms with Gasteiger partial charge in [0.1, 0.15) is 6.04 Å². The van der Waals surface area contributed by atoms with Crippen molar-refractivity contribution in [1.82, 2.24) is 5.32 Å². The minimum Gasteiger partial charge on any atom is -0.368 e. The van der Waals surface area contributed by atoms with Crippen LogP contribution in [-0.2, 0) is 22.2 Å². The summed E-state index contributed by atoms with van der Waals surface area (Å²) in [6, 6.07) is 18.5. The lowest BCUT2D eigenvalue weighted by Gasteiger charge is -2.20. The maximum absolute atomic E-state index is 13.2. The van der Waals surface area contributed by atoms with Gasteiger partial charge in [0, 0.05) is 6.42 Å². The number of rotatable bonds is 5. The number of carbonyl (C=O) groups excluding carboxylic acids is 2. The van der Waals surface area contributed by atoms with Crippen LogP contribution in [0.1, 0.15) is 28.2 Å². The lowest BCUT2D eigenvalue weighted by Crippen LogP contribution is -2.47. The molecule has 3 aromatic carbocycles. The Kier molecular flexibility index (Phi) is 5.27. The van der Waals surface area contributed by atoms with Crippen molar-refractivity contribution in [3.8, 4) is 11.1 Å². The molecule has 7 heteroatoms. The SMILES string of the molecule is NC(=O)[C@H](Cc1cccc(C(F)(F)F)c1)NC(=O)C1c2ccccc2-c2ccccc21. The van der Waals surface area contributed by atoms with E-state index in [0.29, 0.717) is 0 Å². The molecule has 31 heavy (non-hydrogen) atoms. The number of carbonyl (C=O) groups is 2. The van der Waals surface area contributed by atoms with Crippen molar-refractivity contribution >= 4 is 11.8 Å². The van der Waals surface area contributed by atoms with Gasteiger partial charge in [0.05, 0.1) is 11.5 Å². The maximum Gasteiger partial charge on any atom is 0.416 e. The van der Waals surface area contributed by atoms with E-state index >= 15 is 0 Å². The summed E-state index contributed by atoms with van der Waals surface area (Å²) in [6.07, 6.45) is -4.64. The lowest BCUT2D eigenvalue weighted by atomic mass is 9.95. The van der Waals surface area contributed by atoms with Crippen molar-refractivity contribution in [2.75, 3.05) is 0 Å². The zero-order chi connectivity index (χ0) is 22.2. The lowest BCUT2D eigenvalue weighted by molar-refractivity contribution is -0.137. The van der Waals surface area contributed by atoms with E-state index in [0.717, 1.165) is 34.4 Å². The largest absolute Gasteiger partial charge is 0.416 e. The van der Waals surface area contributed by atoms with Gasteiger partial charge in [-0.3, -0.25) is 9.59 Å². The molecular formula is C24H19F3N2O2. The number of hydrogen-bond donors (Lipinski definition) is 2. The molecule has 2 amide bonds. The molecule has 4 rings (SSSR count). The number of amides is 2. The van der Waals surface area contributed by atoms with Gasteiger partial charge in [-0.25, -0.2) is 0 Å². The molecule has 0 bridgehead atoms. The Morgan fingerprint density at radius 3 is 2.03 bits per heavy atom. The fourth-order valence-corrected chi connectivity index (χ4v) is 4.03. The van der Waals surface area contributed by atoms with Gasteiger partial charge in [0.2, 0.25) is 11.8 Å². The van der Waals surface area contributed by atoms with Crippen molar-refractivity contribution in [2.45, 2.75) is 24.6 Å². The molecule has 3 N–H and O–H groups in total. The molecule has 3 aromatic rings. The van der Waals surface area contributed by atoms with Gasteiger partial charge in [-0.15, -0.1) is 0 Å². The molecule has 0 saturated carbocycles. The summed E-state index contributed by atoms with van der Waals surface area (Å²) in [6.45, 7) is 0. The predicted molar refractivity (Wildman–Crippen MR) is 110 cm³/mol. The molecule has 0 spiro atoms. The van der Waals surface area contributed by atoms with Crippen LogP contribution in [0, 0.1) is 0 Å². The molecule has 1 aliphatic carbocycles. The van der Waals surface area contributed by atoms with Crippen LogP contribution in [0.2, 0.25) is 0 Å². The standard InChI is InChI=1S/C24H19F3N2O2/c25-24(26,27)15-7-5-6-14(12-15)13-20(22(28)30)29-23(31)21-18-10-3-1-8-16(18)17-9-2-4-11-19(17)21/h1-12,20-21H,13H2,(H2,28,30)(H,29,31)/t20-/m0/s1. The molecule has 158 valence electrons. The predicted octanol–water partition coefficient (Wildman–Crippen LogP) is 4.03. The smallest absolute Gasteiger partial charge is 0.368 e. The second-order valence-electron chi connectivity index (χ2n) is 7.47. The number of halogens is 3. The summed E-state index contributed by atoms with van der Waals surface area (Å²) in [7, 11) is 0. The Labute approximate surface area is 176 Å². The van der Waals surface area contributed by atoms with Gasteiger partial charge < -0.3 is 11.1 Å². The molecule has 0 aromatic heterocycles. The Hall–Kier alpha value is -3.61. The van der Waals surface area contributed by atoms with Crippen LogP contribution in [-0.4, -0.2) is 17.9 Å². The van der Waals surface area contributed by atoms with E-state index in [1.54, 1.807) is 0 Å². The van der Waals surface area contributed by atoms with E-state index in [-0.39, 0.29) is 12.0 Å². The topological polar surface area (TPSA) is 72.2 Å². The summed E-state index contributed by atoms with van der Waals surface area (Å²) in [5, 5.41) is 2.65. The van der Waals surface area contributed by atoms with Crippen LogP contribution in [0.4, 0.5) is 13.2 Å². The normalized spacial score (nSPS) is 13.9. The first-order valence-corrected chi connectivity index (χ1v) is 9.70. The molecule has 0 heterocycles. The number of alkyl halides is 3. The number of nitrogens with one attached hydrogen (secondary N) is 1. The third-order valence-electron chi connectivity index (χ3n) is 5.45. The monoisotopic (exact) mass is 424 g/mol. The molecule has 1 atom stereocenters. The first-order chi connectivity index (χ1) is 14.8. The van der Waals surface area contributed by atoms with Crippen molar-refractivity contribution in [2.24, 2.45) is 5.73 Å². The van der Waals surface area contributed by atoms with Crippen LogP contribution < -0.4 is 11.1 Å². The Morgan fingerprint density at radius 2 is 1.48 bits per heavy atom. The molecular weight excluding hydrogens is 405 g/mol. The highest BCUT2D eigenvalue weighted by Crippen LogP contribution is 2.44. The zero-order valence-corrected chi connectivity index (χ0v) is 16.3. The Balaban J connectivity index is 1.60. The average molecular weight is 424 g/mol. The van der Waals surface area contributed by atoms with Crippen molar-refractivity contribution < 1.29 is 22.8 Å². The number of hydrogen-bond acceptors (Lipinski definition) is 2. The minimum atomic E-state index is -4.50. The summed E-state index contributed by atoms with van der Waals surface area (Å²) >= 11 is 0. The van der Waals surface area contributed by atoms with Crippen molar-refractivity contribution in [3.05, 3.63) is 95.1 Å². The molecule has 0 aliphatic heterocycles. The highest BCUT2D eigenvalue weighted by Gasteiger charge is 2.35. The molecule has 0 unspecified atom stereocenters. The third kappa shape index (κ3) is 4.03. The fraction of sp³-hybridized carbons (Fsp3) is 0.167. The summed E-state index contributed by atoms with van der Waals surface area (Å²) in [5.74, 6) is -1.87. The van der Waals surface area contributed by atoms with Gasteiger partial charge in [-0.2, -0.15) is 13.2 Å². The second kappa shape index (κ2) is 7.91. The third-order valence-corrected chi connectivity index (χ3v) is 5.45. The summed E-state index contributed by atoms with van der Waals surface area (Å²) in [4.78, 5) is 25.2. The molecule has 1 aliphatic rings. The molecule has 4 nitrogen and oxygen atoms in total. The first kappa shape index (κ1) is 20.7. The van der Waals surface area contributed by atoms with Crippen LogP contribution in [0.15, 0.2) is 72.8 Å². The summed E-state index contributed by atoms with van der Waals surface area (Å²) < 4.78 is 39.0. The van der Waals surface area contributed by atoms with Crippen LogP contribution in [0.5, 0.6) is 0 Å². The number of benzene rings is 3. The molecule has 0 fully saturated rings. The number of nitrogens with two attached hydrogens (primary N) is 1. The van der Waals surface area contributed by atoms with Gasteiger partial charge in [-0.05, 0) is 33.9 Å². The molecule has 0 saturated heterocycles. The van der Waals surface area contributed by atoms with E-state index in [1.165, 1.54) is 12.1 Å². The van der Waals surface area contributed by atoms with E-state index in [2.05, 4.69) is 5.32 Å².